The van der Waals surface area contributed by atoms with E-state index in [1.54, 1.807) is 0 Å². The lowest BCUT2D eigenvalue weighted by Crippen LogP contribution is -2.51. The van der Waals surface area contributed by atoms with Crippen molar-refractivity contribution in [2.75, 3.05) is 32.7 Å². The summed E-state index contributed by atoms with van der Waals surface area (Å²) in [6, 6.07) is 25.8. The first-order chi connectivity index (χ1) is 17.6. The topological polar surface area (TPSA) is 57.6 Å². The zero-order valence-electron chi connectivity index (χ0n) is 20.1. The number of fused-ring (bicyclic) bond motifs is 1. The molecule has 1 aliphatic heterocycles. The molecule has 0 radical (unpaired) electrons. The summed E-state index contributed by atoms with van der Waals surface area (Å²) < 4.78 is 2.15. The van der Waals surface area contributed by atoms with Crippen LogP contribution in [0.25, 0.3) is 10.9 Å². The Kier molecular flexibility index (Phi) is 7.35. The third-order valence-electron chi connectivity index (χ3n) is 6.68. The highest BCUT2D eigenvalue weighted by atomic mass is 35.5. The van der Waals surface area contributed by atoms with Gasteiger partial charge in [0.2, 0.25) is 5.91 Å². The minimum absolute atomic E-state index is 0.0424. The molecule has 0 bridgehead atoms. The Morgan fingerprint density at radius 1 is 0.833 bits per heavy atom. The van der Waals surface area contributed by atoms with Crippen molar-refractivity contribution in [3.05, 3.63) is 107 Å². The maximum absolute atomic E-state index is 13.5. The maximum Gasteiger partial charge on any atom is 0.256 e. The van der Waals surface area contributed by atoms with Gasteiger partial charge < -0.3 is 14.8 Å². The van der Waals surface area contributed by atoms with Crippen LogP contribution in [-0.2, 0) is 17.9 Å². The normalized spacial score (nSPS) is 14.2. The van der Waals surface area contributed by atoms with Gasteiger partial charge in [0.25, 0.3) is 5.91 Å². The van der Waals surface area contributed by atoms with Crippen molar-refractivity contribution in [2.45, 2.75) is 13.1 Å². The van der Waals surface area contributed by atoms with Gasteiger partial charge in [-0.1, -0.05) is 78.3 Å². The molecule has 36 heavy (non-hydrogen) atoms. The molecule has 0 spiro atoms. The fourth-order valence-corrected chi connectivity index (χ4v) is 4.90. The molecular weight excluding hydrogens is 472 g/mol. The summed E-state index contributed by atoms with van der Waals surface area (Å²) in [6.45, 7) is 3.93. The van der Waals surface area contributed by atoms with Gasteiger partial charge in [-0.05, 0) is 23.3 Å². The van der Waals surface area contributed by atoms with Crippen LogP contribution in [0.3, 0.4) is 0 Å². The number of para-hydroxylation sites is 1. The predicted molar refractivity (Wildman–Crippen MR) is 143 cm³/mol. The second-order valence-corrected chi connectivity index (χ2v) is 9.52. The second-order valence-electron chi connectivity index (χ2n) is 9.11. The minimum atomic E-state index is -0.0429. The summed E-state index contributed by atoms with van der Waals surface area (Å²) >= 11 is 6.17. The first kappa shape index (κ1) is 24.1. The molecule has 2 heterocycles. The van der Waals surface area contributed by atoms with Gasteiger partial charge in [-0.15, -0.1) is 0 Å². The number of aromatic nitrogens is 1. The minimum Gasteiger partial charge on any atom is -0.351 e. The van der Waals surface area contributed by atoms with E-state index >= 15 is 0 Å². The van der Waals surface area contributed by atoms with E-state index in [0.29, 0.717) is 50.8 Å². The van der Waals surface area contributed by atoms with Gasteiger partial charge in [0.15, 0.2) is 0 Å². The molecule has 184 valence electrons. The molecule has 0 unspecified atom stereocenters. The molecular formula is C29H29ClN4O2. The molecule has 5 rings (SSSR count). The molecule has 2 amide bonds. The molecule has 0 aliphatic carbocycles. The fraction of sp³-hybridized carbons (Fsp3) is 0.241. The van der Waals surface area contributed by atoms with Crippen LogP contribution in [-0.4, -0.2) is 58.9 Å². The van der Waals surface area contributed by atoms with Crippen LogP contribution in [0.15, 0.2) is 85.1 Å². The van der Waals surface area contributed by atoms with Crippen LogP contribution in [0.2, 0.25) is 5.02 Å². The van der Waals surface area contributed by atoms with E-state index in [-0.39, 0.29) is 11.8 Å². The molecule has 7 heteroatoms. The molecule has 1 saturated heterocycles. The Hall–Kier alpha value is -3.61. The monoisotopic (exact) mass is 500 g/mol. The lowest BCUT2D eigenvalue weighted by molar-refractivity contribution is -0.122. The van der Waals surface area contributed by atoms with Gasteiger partial charge in [-0.25, -0.2) is 0 Å². The Labute approximate surface area is 216 Å². The summed E-state index contributed by atoms with van der Waals surface area (Å²) in [4.78, 5) is 29.9. The van der Waals surface area contributed by atoms with Gasteiger partial charge in [0, 0.05) is 61.4 Å². The van der Waals surface area contributed by atoms with Gasteiger partial charge in [0.05, 0.1) is 12.1 Å². The number of amides is 2. The molecule has 1 aromatic heterocycles. The number of piperazine rings is 1. The lowest BCUT2D eigenvalue weighted by atomic mass is 10.1. The van der Waals surface area contributed by atoms with E-state index < -0.39 is 0 Å². The number of rotatable bonds is 7. The summed E-state index contributed by atoms with van der Waals surface area (Å²) in [6.07, 6.45) is 1.98. The molecule has 1 fully saturated rings. The number of carbonyl (C=O) groups excluding carboxylic acids is 2. The summed E-state index contributed by atoms with van der Waals surface area (Å²) in [5.41, 5.74) is 3.87. The van der Waals surface area contributed by atoms with Crippen LogP contribution in [0.4, 0.5) is 0 Å². The molecule has 1 aliphatic rings. The number of carbonyl (C=O) groups is 2. The van der Waals surface area contributed by atoms with Crippen LogP contribution in [0, 0.1) is 0 Å². The zero-order chi connectivity index (χ0) is 24.9. The summed E-state index contributed by atoms with van der Waals surface area (Å²) in [5, 5.41) is 4.56. The Balaban J connectivity index is 1.19. The summed E-state index contributed by atoms with van der Waals surface area (Å²) in [7, 11) is 0. The zero-order valence-corrected chi connectivity index (χ0v) is 20.8. The second kappa shape index (κ2) is 11.0. The van der Waals surface area contributed by atoms with Gasteiger partial charge in [0.1, 0.15) is 0 Å². The SMILES string of the molecule is O=C(CN1CCN(C(=O)c2cn(Cc3ccccc3)c3ccccc23)CC1)NCc1ccccc1Cl. The number of benzene rings is 3. The number of hydrogen-bond donors (Lipinski definition) is 1. The first-order valence-electron chi connectivity index (χ1n) is 12.2. The van der Waals surface area contributed by atoms with Crippen molar-refractivity contribution in [2.24, 2.45) is 0 Å². The van der Waals surface area contributed by atoms with Crippen LogP contribution in [0.1, 0.15) is 21.5 Å². The number of halogens is 1. The van der Waals surface area contributed by atoms with Gasteiger partial charge in [-0.2, -0.15) is 0 Å². The molecule has 3 aromatic carbocycles. The van der Waals surface area contributed by atoms with Gasteiger partial charge in [-0.3, -0.25) is 14.5 Å². The highest BCUT2D eigenvalue weighted by Crippen LogP contribution is 2.24. The van der Waals surface area contributed by atoms with E-state index in [2.05, 4.69) is 33.0 Å². The van der Waals surface area contributed by atoms with Crippen LogP contribution < -0.4 is 5.32 Å². The van der Waals surface area contributed by atoms with Crippen molar-refractivity contribution in [1.82, 2.24) is 19.7 Å². The summed E-state index contributed by atoms with van der Waals surface area (Å²) in [5.74, 6) is -0.000452. The van der Waals surface area contributed by atoms with E-state index in [1.165, 1.54) is 5.56 Å². The average Bonchev–Trinajstić information content (AvgIpc) is 3.27. The van der Waals surface area contributed by atoms with Crippen LogP contribution in [0.5, 0.6) is 0 Å². The van der Waals surface area contributed by atoms with E-state index in [9.17, 15) is 9.59 Å². The third kappa shape index (κ3) is 5.45. The Bertz CT molecular complexity index is 1360. The van der Waals surface area contributed by atoms with E-state index in [1.807, 2.05) is 71.8 Å². The van der Waals surface area contributed by atoms with Crippen molar-refractivity contribution in [3.8, 4) is 0 Å². The molecule has 1 N–H and O–H groups in total. The Morgan fingerprint density at radius 2 is 1.53 bits per heavy atom. The van der Waals surface area contributed by atoms with E-state index in [4.69, 9.17) is 11.6 Å². The number of nitrogens with zero attached hydrogens (tertiary/aromatic N) is 3. The maximum atomic E-state index is 13.5. The average molecular weight is 501 g/mol. The van der Waals surface area contributed by atoms with Crippen LogP contribution >= 0.6 is 11.6 Å². The first-order valence-corrected chi connectivity index (χ1v) is 12.6. The number of hydrogen-bond acceptors (Lipinski definition) is 3. The van der Waals surface area contributed by atoms with Crippen molar-refractivity contribution in [1.29, 1.82) is 0 Å². The van der Waals surface area contributed by atoms with Gasteiger partial charge >= 0.3 is 0 Å². The Morgan fingerprint density at radius 3 is 2.31 bits per heavy atom. The quantitative estimate of drug-likeness (QED) is 0.409. The highest BCUT2D eigenvalue weighted by Gasteiger charge is 2.25. The van der Waals surface area contributed by atoms with Crippen molar-refractivity contribution >= 4 is 34.3 Å². The molecule has 0 saturated carbocycles. The number of nitrogens with one attached hydrogen (secondary N) is 1. The van der Waals surface area contributed by atoms with Crippen molar-refractivity contribution < 1.29 is 9.59 Å². The standard InChI is InChI=1S/C29H29ClN4O2/c30-26-12-6-4-10-23(26)18-31-28(35)21-32-14-16-33(17-15-32)29(36)25-20-34(19-22-8-2-1-3-9-22)27-13-7-5-11-24(25)27/h1-13,20H,14-19,21H2,(H,31,35). The fourth-order valence-electron chi connectivity index (χ4n) is 4.70. The van der Waals surface area contributed by atoms with E-state index in [0.717, 1.165) is 22.0 Å². The largest absolute Gasteiger partial charge is 0.351 e. The predicted octanol–water partition coefficient (Wildman–Crippen LogP) is 4.42. The third-order valence-corrected chi connectivity index (χ3v) is 7.04. The molecule has 4 aromatic rings. The molecule has 6 nitrogen and oxygen atoms in total. The smallest absolute Gasteiger partial charge is 0.256 e. The van der Waals surface area contributed by atoms with Crippen molar-refractivity contribution in [3.63, 3.8) is 0 Å². The molecule has 0 atom stereocenters. The highest BCUT2D eigenvalue weighted by molar-refractivity contribution is 6.31. The lowest BCUT2D eigenvalue weighted by Gasteiger charge is -2.34.